The van der Waals surface area contributed by atoms with Crippen LogP contribution in [0.1, 0.15) is 39.5 Å². The van der Waals surface area contributed by atoms with Gasteiger partial charge in [0.15, 0.2) is 0 Å². The highest BCUT2D eigenvalue weighted by Gasteiger charge is 2.35. The van der Waals surface area contributed by atoms with Crippen LogP contribution in [-0.2, 0) is 14.6 Å². The largest absolute Gasteiger partial charge is 0.480 e. The van der Waals surface area contributed by atoms with Crippen molar-refractivity contribution in [2.45, 2.75) is 57.7 Å². The molecule has 0 bridgehead atoms. The zero-order chi connectivity index (χ0) is 16.2. The highest BCUT2D eigenvalue weighted by atomic mass is 32.2. The molecule has 122 valence electrons. The molecule has 1 aliphatic rings. The molecule has 21 heavy (non-hydrogen) atoms. The molecule has 0 saturated carbocycles. The number of amides is 2. The van der Waals surface area contributed by atoms with Crippen molar-refractivity contribution in [3.63, 3.8) is 0 Å². The van der Waals surface area contributed by atoms with Crippen molar-refractivity contribution < 1.29 is 23.1 Å². The van der Waals surface area contributed by atoms with Crippen LogP contribution in [0.15, 0.2) is 0 Å². The molecular formula is C13H24N2O5S. The molecule has 2 N–H and O–H groups in total. The van der Waals surface area contributed by atoms with E-state index in [2.05, 4.69) is 5.32 Å². The summed E-state index contributed by atoms with van der Waals surface area (Å²) < 4.78 is 22.3. The lowest BCUT2D eigenvalue weighted by atomic mass is 10.1. The summed E-state index contributed by atoms with van der Waals surface area (Å²) in [6, 6.07) is -1.42. The van der Waals surface area contributed by atoms with E-state index in [1.807, 2.05) is 13.8 Å². The van der Waals surface area contributed by atoms with E-state index in [0.29, 0.717) is 0 Å². The molecule has 7 nitrogen and oxygen atoms in total. The Balaban J connectivity index is 2.70. The smallest absolute Gasteiger partial charge is 0.326 e. The maximum Gasteiger partial charge on any atom is 0.326 e. The van der Waals surface area contributed by atoms with Crippen LogP contribution in [0.5, 0.6) is 0 Å². The standard InChI is InChI=1S/C13H24N2O5S/c1-4-10-6-5-9(2)15(10)13(18)14-11(12(16)17)7-8-21(3,19)20/h9-11H,4-8H2,1-3H3,(H,14,18)(H,16,17). The third kappa shape index (κ3) is 5.18. The molecule has 0 aromatic heterocycles. The van der Waals surface area contributed by atoms with Gasteiger partial charge in [-0.3, -0.25) is 0 Å². The van der Waals surface area contributed by atoms with E-state index in [4.69, 9.17) is 5.11 Å². The highest BCUT2D eigenvalue weighted by Crippen LogP contribution is 2.25. The van der Waals surface area contributed by atoms with Crippen LogP contribution in [0.25, 0.3) is 0 Å². The van der Waals surface area contributed by atoms with Crippen molar-refractivity contribution in [3.8, 4) is 0 Å². The fourth-order valence-corrected chi connectivity index (χ4v) is 3.32. The van der Waals surface area contributed by atoms with Gasteiger partial charge in [0.1, 0.15) is 15.9 Å². The first-order valence-corrected chi connectivity index (χ1v) is 9.21. The van der Waals surface area contributed by atoms with Crippen LogP contribution >= 0.6 is 0 Å². The first-order valence-electron chi connectivity index (χ1n) is 7.15. The summed E-state index contributed by atoms with van der Waals surface area (Å²) in [4.78, 5) is 25.1. The molecule has 8 heteroatoms. The quantitative estimate of drug-likeness (QED) is 0.755. The topological polar surface area (TPSA) is 104 Å². The number of hydrogen-bond acceptors (Lipinski definition) is 4. The van der Waals surface area contributed by atoms with Crippen molar-refractivity contribution in [1.29, 1.82) is 0 Å². The van der Waals surface area contributed by atoms with Crippen molar-refractivity contribution in [1.82, 2.24) is 10.2 Å². The second-order valence-electron chi connectivity index (χ2n) is 5.65. The second-order valence-corrected chi connectivity index (χ2v) is 7.91. The Kier molecular flexibility index (Phi) is 6.00. The van der Waals surface area contributed by atoms with Crippen LogP contribution in [0.2, 0.25) is 0 Å². The maximum absolute atomic E-state index is 12.3. The molecule has 0 aromatic rings. The van der Waals surface area contributed by atoms with Gasteiger partial charge in [-0.25, -0.2) is 18.0 Å². The van der Waals surface area contributed by atoms with Gasteiger partial charge in [0.2, 0.25) is 0 Å². The van der Waals surface area contributed by atoms with Crippen molar-refractivity contribution >= 4 is 21.8 Å². The van der Waals surface area contributed by atoms with Gasteiger partial charge in [-0.05, 0) is 32.6 Å². The van der Waals surface area contributed by atoms with Gasteiger partial charge < -0.3 is 15.3 Å². The summed E-state index contributed by atoms with van der Waals surface area (Å²) in [5.41, 5.74) is 0. The zero-order valence-corrected chi connectivity index (χ0v) is 13.5. The predicted molar refractivity (Wildman–Crippen MR) is 78.9 cm³/mol. The molecule has 0 aromatic carbocycles. The number of nitrogens with one attached hydrogen (secondary N) is 1. The molecule has 0 aliphatic carbocycles. The number of carbonyl (C=O) groups is 2. The van der Waals surface area contributed by atoms with Crippen molar-refractivity contribution in [3.05, 3.63) is 0 Å². The van der Waals surface area contributed by atoms with E-state index in [-0.39, 0.29) is 24.3 Å². The zero-order valence-electron chi connectivity index (χ0n) is 12.7. The number of carbonyl (C=O) groups excluding carboxylic acids is 1. The molecule has 3 atom stereocenters. The van der Waals surface area contributed by atoms with Gasteiger partial charge in [0, 0.05) is 18.3 Å². The molecule has 1 fully saturated rings. The number of aliphatic carboxylic acids is 1. The summed E-state index contributed by atoms with van der Waals surface area (Å²) in [7, 11) is -3.26. The SMILES string of the molecule is CCC1CCC(C)N1C(=O)NC(CCS(C)(=O)=O)C(=O)O. The minimum absolute atomic E-state index is 0.0688. The van der Waals surface area contributed by atoms with Crippen LogP contribution in [-0.4, -0.2) is 60.6 Å². The number of carboxylic acids is 1. The fourth-order valence-electron chi connectivity index (χ4n) is 2.65. The molecular weight excluding hydrogens is 296 g/mol. The molecule has 3 unspecified atom stereocenters. The van der Waals surface area contributed by atoms with Crippen LogP contribution in [0.3, 0.4) is 0 Å². The Hall–Kier alpha value is -1.31. The van der Waals surface area contributed by atoms with Gasteiger partial charge in [-0.1, -0.05) is 6.92 Å². The van der Waals surface area contributed by atoms with E-state index in [1.165, 1.54) is 0 Å². The molecule has 1 rings (SSSR count). The Labute approximate surface area is 125 Å². The van der Waals surface area contributed by atoms with E-state index in [1.54, 1.807) is 4.90 Å². The van der Waals surface area contributed by atoms with Gasteiger partial charge in [0.25, 0.3) is 0 Å². The maximum atomic E-state index is 12.3. The summed E-state index contributed by atoms with van der Waals surface area (Å²) >= 11 is 0. The van der Waals surface area contributed by atoms with Gasteiger partial charge >= 0.3 is 12.0 Å². The summed E-state index contributed by atoms with van der Waals surface area (Å²) in [6.07, 6.45) is 3.54. The average Bonchev–Trinajstić information content (AvgIpc) is 2.73. The number of carboxylic acid groups (broad SMARTS) is 1. The van der Waals surface area contributed by atoms with Gasteiger partial charge in [-0.15, -0.1) is 0 Å². The molecule has 1 heterocycles. The van der Waals surface area contributed by atoms with Crippen LogP contribution in [0.4, 0.5) is 4.79 Å². The Morgan fingerprint density at radius 1 is 1.38 bits per heavy atom. The number of urea groups is 1. The van der Waals surface area contributed by atoms with Gasteiger partial charge in [-0.2, -0.15) is 0 Å². The molecule has 1 saturated heterocycles. The lowest BCUT2D eigenvalue weighted by Crippen LogP contribution is -2.51. The normalized spacial score (nSPS) is 23.9. The highest BCUT2D eigenvalue weighted by molar-refractivity contribution is 7.90. The molecule has 0 radical (unpaired) electrons. The van der Waals surface area contributed by atoms with Crippen LogP contribution in [0, 0.1) is 0 Å². The van der Waals surface area contributed by atoms with Crippen LogP contribution < -0.4 is 5.32 Å². The van der Waals surface area contributed by atoms with Crippen molar-refractivity contribution in [2.75, 3.05) is 12.0 Å². The third-order valence-electron chi connectivity index (χ3n) is 3.86. The number of sulfone groups is 1. The lowest BCUT2D eigenvalue weighted by Gasteiger charge is -2.29. The first kappa shape index (κ1) is 17.7. The predicted octanol–water partition coefficient (Wildman–Crippen LogP) is 0.847. The first-order chi connectivity index (χ1) is 9.65. The monoisotopic (exact) mass is 320 g/mol. The minimum Gasteiger partial charge on any atom is -0.480 e. The van der Waals surface area contributed by atoms with Gasteiger partial charge in [0.05, 0.1) is 5.75 Å². The third-order valence-corrected chi connectivity index (χ3v) is 4.84. The number of rotatable bonds is 6. The minimum atomic E-state index is -3.26. The van der Waals surface area contributed by atoms with E-state index in [0.717, 1.165) is 25.5 Å². The Bertz CT molecular complexity index is 491. The molecule has 1 aliphatic heterocycles. The summed E-state index contributed by atoms with van der Waals surface area (Å²) in [5, 5.41) is 11.6. The molecule has 2 amide bonds. The fraction of sp³-hybridized carbons (Fsp3) is 0.846. The summed E-state index contributed by atoms with van der Waals surface area (Å²) in [6.45, 7) is 3.92. The number of hydrogen-bond donors (Lipinski definition) is 2. The number of nitrogens with zero attached hydrogens (tertiary/aromatic N) is 1. The average molecular weight is 320 g/mol. The Morgan fingerprint density at radius 3 is 2.48 bits per heavy atom. The number of likely N-dealkylation sites (tertiary alicyclic amines) is 1. The lowest BCUT2D eigenvalue weighted by molar-refractivity contribution is -0.139. The second kappa shape index (κ2) is 7.11. The summed E-state index contributed by atoms with van der Waals surface area (Å²) in [5.74, 6) is -1.48. The van der Waals surface area contributed by atoms with E-state index in [9.17, 15) is 18.0 Å². The van der Waals surface area contributed by atoms with E-state index >= 15 is 0 Å². The Morgan fingerprint density at radius 2 is 2.00 bits per heavy atom. The molecule has 0 spiro atoms. The van der Waals surface area contributed by atoms with Crippen molar-refractivity contribution in [2.24, 2.45) is 0 Å². The van der Waals surface area contributed by atoms with E-state index < -0.39 is 27.9 Å².